The molecular formula is C10H10OS. The SMILES string of the molecule is C#CCO[C@@H](C=C)c1cccs1. The lowest BCUT2D eigenvalue weighted by molar-refractivity contribution is 0.117. The fraction of sp³-hybridized carbons (Fsp3) is 0.200. The summed E-state index contributed by atoms with van der Waals surface area (Å²) in [6.07, 6.45) is 6.78. The van der Waals surface area contributed by atoms with E-state index in [-0.39, 0.29) is 6.10 Å². The molecule has 1 aromatic heterocycles. The van der Waals surface area contributed by atoms with Gasteiger partial charge in [-0.25, -0.2) is 0 Å². The van der Waals surface area contributed by atoms with Crippen molar-refractivity contribution in [1.29, 1.82) is 0 Å². The largest absolute Gasteiger partial charge is 0.356 e. The second kappa shape index (κ2) is 4.76. The molecule has 0 amide bonds. The third-order valence-electron chi connectivity index (χ3n) is 1.38. The van der Waals surface area contributed by atoms with Crippen molar-refractivity contribution in [3.63, 3.8) is 0 Å². The Morgan fingerprint density at radius 3 is 3.17 bits per heavy atom. The fourth-order valence-electron chi connectivity index (χ4n) is 0.857. The minimum absolute atomic E-state index is 0.0546. The monoisotopic (exact) mass is 178 g/mol. The number of terminal acetylenes is 1. The lowest BCUT2D eigenvalue weighted by Crippen LogP contribution is -1.98. The van der Waals surface area contributed by atoms with Crippen molar-refractivity contribution < 1.29 is 4.74 Å². The van der Waals surface area contributed by atoms with Crippen LogP contribution in [0.1, 0.15) is 11.0 Å². The Morgan fingerprint density at radius 1 is 1.83 bits per heavy atom. The van der Waals surface area contributed by atoms with Crippen molar-refractivity contribution in [1.82, 2.24) is 0 Å². The summed E-state index contributed by atoms with van der Waals surface area (Å²) in [7, 11) is 0. The number of rotatable bonds is 4. The summed E-state index contributed by atoms with van der Waals surface area (Å²) in [5, 5.41) is 2.01. The molecule has 2 heteroatoms. The van der Waals surface area contributed by atoms with E-state index in [0.717, 1.165) is 4.88 Å². The minimum atomic E-state index is -0.0546. The molecule has 0 aliphatic carbocycles. The molecule has 1 heterocycles. The van der Waals surface area contributed by atoms with Crippen molar-refractivity contribution in [2.24, 2.45) is 0 Å². The zero-order chi connectivity index (χ0) is 8.81. The van der Waals surface area contributed by atoms with E-state index in [1.165, 1.54) is 0 Å². The molecule has 1 aromatic rings. The molecular weight excluding hydrogens is 168 g/mol. The first-order valence-electron chi connectivity index (χ1n) is 3.59. The minimum Gasteiger partial charge on any atom is -0.356 e. The van der Waals surface area contributed by atoms with Gasteiger partial charge in [-0.15, -0.1) is 24.3 Å². The summed E-state index contributed by atoms with van der Waals surface area (Å²) in [5.41, 5.74) is 0. The van der Waals surface area contributed by atoms with Gasteiger partial charge < -0.3 is 4.74 Å². The van der Waals surface area contributed by atoms with Gasteiger partial charge in [-0.3, -0.25) is 0 Å². The van der Waals surface area contributed by atoms with E-state index in [4.69, 9.17) is 11.2 Å². The summed E-state index contributed by atoms with van der Waals surface area (Å²) in [6, 6.07) is 3.99. The molecule has 1 nitrogen and oxygen atoms in total. The molecule has 0 bridgehead atoms. The standard InChI is InChI=1S/C10H10OS/c1-3-7-11-9(4-2)10-6-5-8-12-10/h1,4-6,8-9H,2,7H2/t9-/m0/s1. The molecule has 0 radical (unpaired) electrons. The molecule has 0 aromatic carbocycles. The highest BCUT2D eigenvalue weighted by molar-refractivity contribution is 7.10. The predicted molar refractivity (Wildman–Crippen MR) is 52.0 cm³/mol. The van der Waals surface area contributed by atoms with Gasteiger partial charge in [-0.05, 0) is 11.4 Å². The highest BCUT2D eigenvalue weighted by Crippen LogP contribution is 2.22. The van der Waals surface area contributed by atoms with E-state index in [0.29, 0.717) is 6.61 Å². The number of thiophene rings is 1. The molecule has 1 atom stereocenters. The molecule has 0 N–H and O–H groups in total. The van der Waals surface area contributed by atoms with Crippen LogP contribution >= 0.6 is 11.3 Å². The van der Waals surface area contributed by atoms with Crippen LogP contribution in [0, 0.1) is 12.3 Å². The van der Waals surface area contributed by atoms with Crippen LogP contribution < -0.4 is 0 Å². The second-order valence-electron chi connectivity index (χ2n) is 2.19. The van der Waals surface area contributed by atoms with Gasteiger partial charge in [0.2, 0.25) is 0 Å². The maximum absolute atomic E-state index is 5.34. The van der Waals surface area contributed by atoms with Crippen LogP contribution in [0.4, 0.5) is 0 Å². The zero-order valence-electron chi connectivity index (χ0n) is 6.69. The normalized spacial score (nSPS) is 11.9. The molecule has 0 unspecified atom stereocenters. The maximum Gasteiger partial charge on any atom is 0.111 e. The lowest BCUT2D eigenvalue weighted by Gasteiger charge is -2.08. The average molecular weight is 178 g/mol. The van der Waals surface area contributed by atoms with Crippen LogP contribution in [0.2, 0.25) is 0 Å². The van der Waals surface area contributed by atoms with Crippen molar-refractivity contribution in [2.75, 3.05) is 6.61 Å². The smallest absolute Gasteiger partial charge is 0.111 e. The van der Waals surface area contributed by atoms with Gasteiger partial charge in [0.15, 0.2) is 0 Å². The highest BCUT2D eigenvalue weighted by atomic mass is 32.1. The Labute approximate surface area is 76.7 Å². The van der Waals surface area contributed by atoms with Gasteiger partial charge in [0.25, 0.3) is 0 Å². The third kappa shape index (κ3) is 2.23. The Kier molecular flexibility index (Phi) is 3.59. The quantitative estimate of drug-likeness (QED) is 0.508. The highest BCUT2D eigenvalue weighted by Gasteiger charge is 2.06. The van der Waals surface area contributed by atoms with Crippen LogP contribution in [0.5, 0.6) is 0 Å². The van der Waals surface area contributed by atoms with E-state index in [9.17, 15) is 0 Å². The molecule has 0 saturated heterocycles. The fourth-order valence-corrected chi connectivity index (χ4v) is 1.63. The maximum atomic E-state index is 5.34. The van der Waals surface area contributed by atoms with Gasteiger partial charge in [-0.1, -0.05) is 18.1 Å². The Balaban J connectivity index is 2.58. The summed E-state index contributed by atoms with van der Waals surface area (Å²) >= 11 is 1.64. The van der Waals surface area contributed by atoms with E-state index >= 15 is 0 Å². The van der Waals surface area contributed by atoms with Crippen LogP contribution in [-0.2, 0) is 4.74 Å². The molecule has 62 valence electrons. The molecule has 12 heavy (non-hydrogen) atoms. The van der Waals surface area contributed by atoms with E-state index < -0.39 is 0 Å². The van der Waals surface area contributed by atoms with Gasteiger partial charge in [0, 0.05) is 4.88 Å². The van der Waals surface area contributed by atoms with Crippen molar-refractivity contribution in [3.8, 4) is 12.3 Å². The second-order valence-corrected chi connectivity index (χ2v) is 3.17. The molecule has 0 aliphatic rings. The number of ether oxygens (including phenoxy) is 1. The molecule has 1 rings (SSSR count). The van der Waals surface area contributed by atoms with Crippen molar-refractivity contribution >= 4 is 11.3 Å². The summed E-state index contributed by atoms with van der Waals surface area (Å²) in [4.78, 5) is 1.14. The van der Waals surface area contributed by atoms with Crippen LogP contribution in [-0.4, -0.2) is 6.61 Å². The Bertz CT molecular complexity index is 269. The Hall–Kier alpha value is -1.04. The first-order valence-corrected chi connectivity index (χ1v) is 4.47. The molecule has 0 fully saturated rings. The summed E-state index contributed by atoms with van der Waals surface area (Å²) in [6.45, 7) is 4.01. The molecule has 0 saturated carbocycles. The van der Waals surface area contributed by atoms with Gasteiger partial charge in [0.1, 0.15) is 12.7 Å². The summed E-state index contributed by atoms with van der Waals surface area (Å²) < 4.78 is 5.34. The third-order valence-corrected chi connectivity index (χ3v) is 2.32. The van der Waals surface area contributed by atoms with E-state index in [1.54, 1.807) is 17.4 Å². The lowest BCUT2D eigenvalue weighted by atomic mass is 10.3. The van der Waals surface area contributed by atoms with Crippen LogP contribution in [0.3, 0.4) is 0 Å². The van der Waals surface area contributed by atoms with E-state index in [1.807, 2.05) is 17.5 Å². The van der Waals surface area contributed by atoms with Crippen molar-refractivity contribution in [3.05, 3.63) is 35.0 Å². The first-order chi connectivity index (χ1) is 5.88. The van der Waals surface area contributed by atoms with Gasteiger partial charge in [-0.2, -0.15) is 0 Å². The zero-order valence-corrected chi connectivity index (χ0v) is 7.51. The first kappa shape index (κ1) is 9.05. The Morgan fingerprint density at radius 2 is 2.67 bits per heavy atom. The summed E-state index contributed by atoms with van der Waals surface area (Å²) in [5.74, 6) is 2.43. The van der Waals surface area contributed by atoms with Crippen molar-refractivity contribution in [2.45, 2.75) is 6.10 Å². The van der Waals surface area contributed by atoms with Crippen LogP contribution in [0.25, 0.3) is 0 Å². The molecule has 0 spiro atoms. The van der Waals surface area contributed by atoms with Gasteiger partial charge >= 0.3 is 0 Å². The van der Waals surface area contributed by atoms with Gasteiger partial charge in [0.05, 0.1) is 0 Å². The predicted octanol–water partition coefficient (Wildman–Crippen LogP) is 2.63. The molecule has 0 aliphatic heterocycles. The number of hydrogen-bond donors (Lipinski definition) is 0. The van der Waals surface area contributed by atoms with E-state index in [2.05, 4.69) is 12.5 Å². The topological polar surface area (TPSA) is 9.23 Å². The van der Waals surface area contributed by atoms with Crippen LogP contribution in [0.15, 0.2) is 30.2 Å². The average Bonchev–Trinajstić information content (AvgIpc) is 2.59. The number of hydrogen-bond acceptors (Lipinski definition) is 2.